The number of aromatic nitrogens is 4. The van der Waals surface area contributed by atoms with Gasteiger partial charge in [-0.15, -0.1) is 0 Å². The number of hydrogen-bond donors (Lipinski definition) is 1. The maximum Gasteiger partial charge on any atom is 0.208 e. The zero-order chi connectivity index (χ0) is 27.6. The van der Waals surface area contributed by atoms with Gasteiger partial charge in [0.2, 0.25) is 5.95 Å². The lowest BCUT2D eigenvalue weighted by molar-refractivity contribution is 0.0927. The number of fused-ring (bicyclic) bond motifs is 1. The molecule has 2 atom stereocenters. The van der Waals surface area contributed by atoms with E-state index < -0.39 is 0 Å². The molecule has 7 nitrogen and oxygen atoms in total. The van der Waals surface area contributed by atoms with E-state index in [1.165, 1.54) is 50.5 Å². The van der Waals surface area contributed by atoms with Crippen LogP contribution in [-0.2, 0) is 11.3 Å². The normalized spacial score (nSPS) is 24.8. The number of benzene rings is 1. The molecule has 2 saturated carbocycles. The van der Waals surface area contributed by atoms with Crippen LogP contribution in [0.15, 0.2) is 35.5 Å². The number of hydrogen-bond acceptors (Lipinski definition) is 7. The molecule has 1 aliphatic heterocycles. The first-order chi connectivity index (χ1) is 19.5. The van der Waals surface area contributed by atoms with Crippen molar-refractivity contribution in [3.8, 4) is 0 Å². The molecule has 3 aliphatic rings. The molecule has 8 heteroatoms. The SMILES string of the molecule is CC1CCC(Cn2c(N3CCOC[C@H]3c3ccccc3)nc3nc(SC(C)C)nc(N[C@H](C)C4CCC4)c32)CC1. The van der Waals surface area contributed by atoms with E-state index in [1.54, 1.807) is 11.8 Å². The number of nitrogens with zero attached hydrogens (tertiary/aromatic N) is 5. The van der Waals surface area contributed by atoms with Gasteiger partial charge in [-0.3, -0.25) is 0 Å². The first-order valence-electron chi connectivity index (χ1n) is 15.6. The average molecular weight is 563 g/mol. The Kier molecular flexibility index (Phi) is 8.54. The molecule has 0 amide bonds. The molecule has 3 heterocycles. The van der Waals surface area contributed by atoms with E-state index in [4.69, 9.17) is 19.7 Å². The van der Waals surface area contributed by atoms with Gasteiger partial charge in [0.05, 0.1) is 19.3 Å². The number of rotatable bonds is 9. The monoisotopic (exact) mass is 562 g/mol. The molecule has 0 bridgehead atoms. The summed E-state index contributed by atoms with van der Waals surface area (Å²) >= 11 is 1.72. The molecule has 216 valence electrons. The average Bonchev–Trinajstić information content (AvgIpc) is 3.27. The van der Waals surface area contributed by atoms with Crippen LogP contribution in [0.1, 0.15) is 84.2 Å². The summed E-state index contributed by atoms with van der Waals surface area (Å²) in [6, 6.07) is 11.3. The number of ether oxygens (including phenoxy) is 1. The van der Waals surface area contributed by atoms with Gasteiger partial charge in [-0.05, 0) is 55.9 Å². The van der Waals surface area contributed by atoms with Crippen molar-refractivity contribution in [3.05, 3.63) is 35.9 Å². The van der Waals surface area contributed by atoms with Crippen LogP contribution in [0.5, 0.6) is 0 Å². The third-order valence-electron chi connectivity index (χ3n) is 9.27. The van der Waals surface area contributed by atoms with Crippen molar-refractivity contribution >= 4 is 34.7 Å². The van der Waals surface area contributed by atoms with Gasteiger partial charge >= 0.3 is 0 Å². The van der Waals surface area contributed by atoms with E-state index in [9.17, 15) is 0 Å². The highest BCUT2D eigenvalue weighted by Crippen LogP contribution is 2.39. The number of anilines is 2. The second kappa shape index (κ2) is 12.3. The summed E-state index contributed by atoms with van der Waals surface area (Å²) in [5, 5.41) is 5.10. The minimum absolute atomic E-state index is 0.125. The Morgan fingerprint density at radius 3 is 2.48 bits per heavy atom. The number of morpholine rings is 1. The Labute approximate surface area is 243 Å². The second-order valence-electron chi connectivity index (χ2n) is 12.7. The van der Waals surface area contributed by atoms with Crippen LogP contribution in [0, 0.1) is 17.8 Å². The van der Waals surface area contributed by atoms with Crippen LogP contribution in [0.2, 0.25) is 0 Å². The maximum absolute atomic E-state index is 6.03. The molecule has 0 unspecified atom stereocenters. The van der Waals surface area contributed by atoms with E-state index in [2.05, 4.69) is 72.8 Å². The molecular formula is C32H46N6OS. The third kappa shape index (κ3) is 5.98. The fraction of sp³-hybridized carbons (Fsp3) is 0.656. The van der Waals surface area contributed by atoms with Crippen LogP contribution in [0.4, 0.5) is 11.8 Å². The zero-order valence-electron chi connectivity index (χ0n) is 24.7. The fourth-order valence-corrected chi connectivity index (χ4v) is 7.30. The topological polar surface area (TPSA) is 68.1 Å². The Hall–Kier alpha value is -2.32. The summed E-state index contributed by atoms with van der Waals surface area (Å²) in [4.78, 5) is 18.0. The van der Waals surface area contributed by atoms with Crippen molar-refractivity contribution in [3.63, 3.8) is 0 Å². The standard InChI is InChI=1S/C32H46N6OS/c1-21(2)40-31-34-29(33-23(4)25-11-8-12-25)28-30(35-31)36-32(38(28)19-24-15-13-22(3)14-16-24)37-17-18-39-20-27(37)26-9-6-5-7-10-26/h5-7,9-10,21-25,27H,8,11-20H2,1-4H3,(H,33,34,35)/t22?,23-,24?,27+/m1/s1. The lowest BCUT2D eigenvalue weighted by Gasteiger charge is -2.37. The molecule has 2 aliphatic carbocycles. The number of thioether (sulfide) groups is 1. The van der Waals surface area contributed by atoms with Crippen molar-refractivity contribution in [2.45, 2.75) is 102 Å². The van der Waals surface area contributed by atoms with Crippen molar-refractivity contribution in [2.24, 2.45) is 17.8 Å². The summed E-state index contributed by atoms with van der Waals surface area (Å²) in [5.74, 6) is 4.16. The molecule has 1 saturated heterocycles. The summed E-state index contributed by atoms with van der Waals surface area (Å²) in [5.41, 5.74) is 3.16. The minimum atomic E-state index is 0.125. The molecule has 40 heavy (non-hydrogen) atoms. The van der Waals surface area contributed by atoms with Gasteiger partial charge in [0.25, 0.3) is 0 Å². The molecule has 0 spiro atoms. The number of imidazole rings is 1. The van der Waals surface area contributed by atoms with Gasteiger partial charge in [-0.25, -0.2) is 9.97 Å². The number of nitrogens with one attached hydrogen (secondary N) is 1. The van der Waals surface area contributed by atoms with Crippen LogP contribution in [0.3, 0.4) is 0 Å². The van der Waals surface area contributed by atoms with E-state index in [-0.39, 0.29) is 6.04 Å². The fourth-order valence-electron chi connectivity index (χ4n) is 6.60. The second-order valence-corrected chi connectivity index (χ2v) is 14.2. The first-order valence-corrected chi connectivity index (χ1v) is 16.4. The lowest BCUT2D eigenvalue weighted by atomic mass is 9.80. The molecule has 1 N–H and O–H groups in total. The van der Waals surface area contributed by atoms with E-state index >= 15 is 0 Å². The highest BCUT2D eigenvalue weighted by Gasteiger charge is 2.33. The molecule has 0 radical (unpaired) electrons. The van der Waals surface area contributed by atoms with E-state index in [0.717, 1.165) is 47.1 Å². The highest BCUT2D eigenvalue weighted by molar-refractivity contribution is 7.99. The van der Waals surface area contributed by atoms with Gasteiger partial charge in [0.1, 0.15) is 5.52 Å². The highest BCUT2D eigenvalue weighted by atomic mass is 32.2. The zero-order valence-corrected chi connectivity index (χ0v) is 25.5. The molecule has 2 aromatic heterocycles. The molecule has 6 rings (SSSR count). The summed E-state index contributed by atoms with van der Waals surface area (Å²) < 4.78 is 8.51. The summed E-state index contributed by atoms with van der Waals surface area (Å²) in [7, 11) is 0. The Morgan fingerprint density at radius 2 is 1.77 bits per heavy atom. The minimum Gasteiger partial charge on any atom is -0.377 e. The molecule has 3 aromatic rings. The predicted molar refractivity (Wildman–Crippen MR) is 165 cm³/mol. The van der Waals surface area contributed by atoms with E-state index in [1.807, 2.05) is 0 Å². The quantitative estimate of drug-likeness (QED) is 0.216. The van der Waals surface area contributed by atoms with Crippen LogP contribution >= 0.6 is 11.8 Å². The third-order valence-corrected chi connectivity index (χ3v) is 10.1. The Morgan fingerprint density at radius 1 is 1.00 bits per heavy atom. The molecule has 3 fully saturated rings. The largest absolute Gasteiger partial charge is 0.377 e. The maximum atomic E-state index is 6.03. The van der Waals surface area contributed by atoms with Crippen LogP contribution in [0.25, 0.3) is 11.2 Å². The Balaban J connectivity index is 1.46. The van der Waals surface area contributed by atoms with Crippen LogP contribution < -0.4 is 10.2 Å². The van der Waals surface area contributed by atoms with Gasteiger partial charge in [-0.2, -0.15) is 4.98 Å². The van der Waals surface area contributed by atoms with Gasteiger partial charge in [0, 0.05) is 24.4 Å². The van der Waals surface area contributed by atoms with Crippen LogP contribution in [-0.4, -0.2) is 50.6 Å². The van der Waals surface area contributed by atoms with Crippen molar-refractivity contribution < 1.29 is 4.74 Å². The van der Waals surface area contributed by atoms with Crippen molar-refractivity contribution in [2.75, 3.05) is 30.0 Å². The summed E-state index contributed by atoms with van der Waals surface area (Å²) in [6.45, 7) is 12.3. The van der Waals surface area contributed by atoms with Crippen molar-refractivity contribution in [1.82, 2.24) is 19.5 Å². The van der Waals surface area contributed by atoms with E-state index in [0.29, 0.717) is 36.3 Å². The summed E-state index contributed by atoms with van der Waals surface area (Å²) in [6.07, 6.45) is 9.10. The van der Waals surface area contributed by atoms with Gasteiger partial charge in [-0.1, -0.05) is 82.1 Å². The Bertz CT molecular complexity index is 1270. The molecule has 1 aromatic carbocycles. The smallest absolute Gasteiger partial charge is 0.208 e. The molecular weight excluding hydrogens is 516 g/mol. The lowest BCUT2D eigenvalue weighted by Crippen LogP contribution is -2.41. The van der Waals surface area contributed by atoms with Crippen molar-refractivity contribution in [1.29, 1.82) is 0 Å². The van der Waals surface area contributed by atoms with Gasteiger partial charge < -0.3 is 19.5 Å². The van der Waals surface area contributed by atoms with Gasteiger partial charge in [0.15, 0.2) is 16.6 Å². The first kappa shape index (κ1) is 27.8. The predicted octanol–water partition coefficient (Wildman–Crippen LogP) is 7.33.